The molecule has 1 amide bonds. The third-order valence-electron chi connectivity index (χ3n) is 3.46. The Morgan fingerprint density at radius 2 is 1.59 bits per heavy atom. The van der Waals surface area contributed by atoms with Crippen molar-refractivity contribution in [3.63, 3.8) is 0 Å². The van der Waals surface area contributed by atoms with E-state index in [0.717, 1.165) is 16.7 Å². The van der Waals surface area contributed by atoms with Crippen LogP contribution in [0.2, 0.25) is 0 Å². The van der Waals surface area contributed by atoms with Crippen LogP contribution in [0.15, 0.2) is 54.6 Å². The molecule has 0 saturated carbocycles. The molecule has 0 radical (unpaired) electrons. The molecule has 3 heteroatoms. The average Bonchev–Trinajstić information content (AvgIpc) is 2.54. The van der Waals surface area contributed by atoms with Crippen LogP contribution in [0.3, 0.4) is 0 Å². The summed E-state index contributed by atoms with van der Waals surface area (Å²) in [5, 5.41) is 2.95. The highest BCUT2D eigenvalue weighted by Gasteiger charge is 2.08. The number of carbonyl (C=O) groups excluding carboxylic acids is 1. The van der Waals surface area contributed by atoms with Crippen LogP contribution < -0.4 is 5.32 Å². The molecule has 3 nitrogen and oxygen atoms in total. The quantitative estimate of drug-likeness (QED) is 0.846. The van der Waals surface area contributed by atoms with E-state index in [9.17, 15) is 4.79 Å². The van der Waals surface area contributed by atoms with E-state index in [1.165, 1.54) is 0 Å². The van der Waals surface area contributed by atoms with Gasteiger partial charge in [-0.05, 0) is 16.7 Å². The molecule has 0 aliphatic rings. The molecule has 0 unspecified atom stereocenters. The van der Waals surface area contributed by atoms with Crippen molar-refractivity contribution in [1.82, 2.24) is 5.32 Å². The molecule has 0 aliphatic carbocycles. The van der Waals surface area contributed by atoms with Gasteiger partial charge < -0.3 is 10.1 Å². The van der Waals surface area contributed by atoms with Crippen LogP contribution in [-0.4, -0.2) is 5.91 Å². The number of hydrogen-bond acceptors (Lipinski definition) is 2. The van der Waals surface area contributed by atoms with Crippen LogP contribution in [0.25, 0.3) is 0 Å². The normalized spacial score (nSPS) is 10.7. The third-order valence-corrected chi connectivity index (χ3v) is 3.46. The van der Waals surface area contributed by atoms with Crippen LogP contribution in [0, 0.1) is 5.92 Å². The Morgan fingerprint density at radius 3 is 2.27 bits per heavy atom. The molecular formula is C19H23NO2. The number of benzene rings is 2. The molecule has 0 bridgehead atoms. The van der Waals surface area contributed by atoms with Crippen LogP contribution in [-0.2, 0) is 29.3 Å². The van der Waals surface area contributed by atoms with E-state index in [2.05, 4.69) is 17.4 Å². The van der Waals surface area contributed by atoms with Gasteiger partial charge in [-0.3, -0.25) is 4.79 Å². The second-order valence-electron chi connectivity index (χ2n) is 5.62. The van der Waals surface area contributed by atoms with Gasteiger partial charge in [0.25, 0.3) is 0 Å². The molecule has 116 valence electrons. The molecule has 0 atom stereocenters. The standard InChI is InChI=1S/C19H23NO2/c1-15(2)19(21)20-12-17-10-6-7-11-18(17)14-22-13-16-8-4-3-5-9-16/h3-11,15H,12-14H2,1-2H3,(H,20,21). The third kappa shape index (κ3) is 5.01. The maximum absolute atomic E-state index is 11.7. The second-order valence-corrected chi connectivity index (χ2v) is 5.62. The molecular weight excluding hydrogens is 274 g/mol. The molecule has 1 N–H and O–H groups in total. The first kappa shape index (κ1) is 16.2. The lowest BCUT2D eigenvalue weighted by molar-refractivity contribution is -0.124. The van der Waals surface area contributed by atoms with Gasteiger partial charge in [0.1, 0.15) is 0 Å². The number of hydrogen-bond donors (Lipinski definition) is 1. The molecule has 0 fully saturated rings. The lowest BCUT2D eigenvalue weighted by Crippen LogP contribution is -2.27. The molecule has 2 rings (SSSR count). The van der Waals surface area contributed by atoms with Gasteiger partial charge in [0.05, 0.1) is 13.2 Å². The average molecular weight is 297 g/mol. The van der Waals surface area contributed by atoms with Gasteiger partial charge in [0.2, 0.25) is 5.91 Å². The highest BCUT2D eigenvalue weighted by Crippen LogP contribution is 2.12. The van der Waals surface area contributed by atoms with Gasteiger partial charge in [-0.15, -0.1) is 0 Å². The first-order chi connectivity index (χ1) is 10.7. The summed E-state index contributed by atoms with van der Waals surface area (Å²) in [6.07, 6.45) is 0. The Kier molecular flexibility index (Phi) is 6.16. The van der Waals surface area contributed by atoms with Gasteiger partial charge in [0, 0.05) is 12.5 Å². The minimum Gasteiger partial charge on any atom is -0.372 e. The fourth-order valence-electron chi connectivity index (χ4n) is 2.11. The van der Waals surface area contributed by atoms with Crippen molar-refractivity contribution in [2.24, 2.45) is 5.92 Å². The molecule has 0 saturated heterocycles. The summed E-state index contributed by atoms with van der Waals surface area (Å²) in [5.41, 5.74) is 3.38. The molecule has 0 aliphatic heterocycles. The fourth-order valence-corrected chi connectivity index (χ4v) is 2.11. The number of carbonyl (C=O) groups is 1. The van der Waals surface area contributed by atoms with E-state index < -0.39 is 0 Å². The van der Waals surface area contributed by atoms with Crippen molar-refractivity contribution in [3.8, 4) is 0 Å². The van der Waals surface area contributed by atoms with E-state index in [1.54, 1.807) is 0 Å². The van der Waals surface area contributed by atoms with Gasteiger partial charge in [-0.2, -0.15) is 0 Å². The number of rotatable bonds is 7. The number of amides is 1. The van der Waals surface area contributed by atoms with Crippen molar-refractivity contribution in [2.75, 3.05) is 0 Å². The summed E-state index contributed by atoms with van der Waals surface area (Å²) in [6, 6.07) is 18.2. The predicted molar refractivity (Wildman–Crippen MR) is 88.1 cm³/mol. The van der Waals surface area contributed by atoms with Crippen LogP contribution in [0.5, 0.6) is 0 Å². The fraction of sp³-hybridized carbons (Fsp3) is 0.316. The number of nitrogens with one attached hydrogen (secondary N) is 1. The maximum Gasteiger partial charge on any atom is 0.222 e. The molecule has 0 spiro atoms. The topological polar surface area (TPSA) is 38.3 Å². The largest absolute Gasteiger partial charge is 0.372 e. The predicted octanol–water partition coefficient (Wildman–Crippen LogP) is 3.68. The highest BCUT2D eigenvalue weighted by molar-refractivity contribution is 5.77. The van der Waals surface area contributed by atoms with E-state index >= 15 is 0 Å². The van der Waals surface area contributed by atoms with Crippen molar-refractivity contribution in [3.05, 3.63) is 71.3 Å². The summed E-state index contributed by atoms with van der Waals surface area (Å²) in [7, 11) is 0. The first-order valence-electron chi connectivity index (χ1n) is 7.63. The molecule has 2 aromatic rings. The Balaban J connectivity index is 1.89. The van der Waals surface area contributed by atoms with Gasteiger partial charge in [-0.1, -0.05) is 68.4 Å². The van der Waals surface area contributed by atoms with E-state index in [-0.39, 0.29) is 11.8 Å². The van der Waals surface area contributed by atoms with Gasteiger partial charge >= 0.3 is 0 Å². The summed E-state index contributed by atoms with van der Waals surface area (Å²) in [4.78, 5) is 11.7. The smallest absolute Gasteiger partial charge is 0.222 e. The van der Waals surface area contributed by atoms with Crippen LogP contribution in [0.1, 0.15) is 30.5 Å². The van der Waals surface area contributed by atoms with Crippen molar-refractivity contribution in [2.45, 2.75) is 33.6 Å². The summed E-state index contributed by atoms with van der Waals surface area (Å²) < 4.78 is 5.79. The van der Waals surface area contributed by atoms with Crippen LogP contribution in [0.4, 0.5) is 0 Å². The van der Waals surface area contributed by atoms with Crippen LogP contribution >= 0.6 is 0 Å². The second kappa shape index (κ2) is 8.35. The summed E-state index contributed by atoms with van der Waals surface area (Å²) in [5.74, 6) is 0.0708. The summed E-state index contributed by atoms with van der Waals surface area (Å²) >= 11 is 0. The molecule has 0 heterocycles. The molecule has 22 heavy (non-hydrogen) atoms. The maximum atomic E-state index is 11.7. The Hall–Kier alpha value is -2.13. The summed E-state index contributed by atoms with van der Waals surface area (Å²) in [6.45, 7) is 5.46. The highest BCUT2D eigenvalue weighted by atomic mass is 16.5. The van der Waals surface area contributed by atoms with Crippen molar-refractivity contribution in [1.29, 1.82) is 0 Å². The Bertz CT molecular complexity index is 593. The minimum absolute atomic E-state index is 0.00138. The monoisotopic (exact) mass is 297 g/mol. The zero-order chi connectivity index (χ0) is 15.8. The first-order valence-corrected chi connectivity index (χ1v) is 7.63. The number of ether oxygens (including phenoxy) is 1. The van der Waals surface area contributed by atoms with Crippen molar-refractivity contribution >= 4 is 5.91 Å². The van der Waals surface area contributed by atoms with Gasteiger partial charge in [0.15, 0.2) is 0 Å². The SMILES string of the molecule is CC(C)C(=O)NCc1ccccc1COCc1ccccc1. The lowest BCUT2D eigenvalue weighted by Gasteiger charge is -2.12. The Morgan fingerprint density at radius 1 is 0.955 bits per heavy atom. The lowest BCUT2D eigenvalue weighted by atomic mass is 10.1. The molecule has 2 aromatic carbocycles. The van der Waals surface area contributed by atoms with E-state index in [1.807, 2.05) is 56.3 Å². The van der Waals surface area contributed by atoms with Gasteiger partial charge in [-0.25, -0.2) is 0 Å². The van der Waals surface area contributed by atoms with E-state index in [4.69, 9.17) is 4.74 Å². The zero-order valence-electron chi connectivity index (χ0n) is 13.2. The Labute approximate surface area is 132 Å². The zero-order valence-corrected chi connectivity index (χ0v) is 13.2. The van der Waals surface area contributed by atoms with E-state index in [0.29, 0.717) is 19.8 Å². The molecule has 0 aromatic heterocycles. The minimum atomic E-state index is 0.00138. The van der Waals surface area contributed by atoms with Crippen molar-refractivity contribution < 1.29 is 9.53 Å².